The number of hydrogen-bond acceptors (Lipinski definition) is 5. The maximum Gasteiger partial charge on any atom is 0.270 e. The van der Waals surface area contributed by atoms with E-state index < -0.39 is 10.0 Å². The molecule has 2 fully saturated rings. The summed E-state index contributed by atoms with van der Waals surface area (Å²) in [7, 11) is -3.25. The highest BCUT2D eigenvalue weighted by atomic mass is 79.9. The number of halogens is 1. The fourth-order valence-electron chi connectivity index (χ4n) is 5.45. The molecule has 0 N–H and O–H groups in total. The van der Waals surface area contributed by atoms with Crippen LogP contribution in [0.1, 0.15) is 70.4 Å². The van der Waals surface area contributed by atoms with Gasteiger partial charge in [0.25, 0.3) is 5.91 Å². The molecule has 0 aliphatic carbocycles. The molecule has 0 atom stereocenters. The zero-order valence-electron chi connectivity index (χ0n) is 22.7. The van der Waals surface area contributed by atoms with Gasteiger partial charge in [-0.1, -0.05) is 6.92 Å². The van der Waals surface area contributed by atoms with E-state index in [-0.39, 0.29) is 23.8 Å². The highest BCUT2D eigenvalue weighted by Crippen LogP contribution is 2.36. The lowest BCUT2D eigenvalue weighted by Crippen LogP contribution is -2.51. The second kappa shape index (κ2) is 11.6. The Kier molecular flexibility index (Phi) is 8.93. The molecular weight excluding hydrogens is 556 g/mol. The van der Waals surface area contributed by atoms with Gasteiger partial charge in [-0.2, -0.15) is 4.31 Å². The van der Waals surface area contributed by atoms with Crippen molar-refractivity contribution in [3.8, 4) is 5.75 Å². The summed E-state index contributed by atoms with van der Waals surface area (Å²) in [5.41, 5.74) is 1.61. The Morgan fingerprint density at radius 2 is 1.65 bits per heavy atom. The zero-order valence-corrected chi connectivity index (χ0v) is 25.1. The van der Waals surface area contributed by atoms with E-state index in [1.54, 1.807) is 4.90 Å². The third-order valence-corrected chi connectivity index (χ3v) is 10.2. The first kappa shape index (κ1) is 28.4. The van der Waals surface area contributed by atoms with Gasteiger partial charge in [0.2, 0.25) is 10.0 Å². The molecule has 0 radical (unpaired) electrons. The van der Waals surface area contributed by atoms with Crippen molar-refractivity contribution in [1.82, 2.24) is 18.7 Å². The molecule has 2 aliphatic heterocycles. The average Bonchev–Trinajstić information content (AvgIpc) is 3.22. The van der Waals surface area contributed by atoms with Crippen molar-refractivity contribution in [1.29, 1.82) is 0 Å². The Bertz CT molecular complexity index is 1210. The normalized spacial score (nSPS) is 18.9. The van der Waals surface area contributed by atoms with Crippen LogP contribution < -0.4 is 4.74 Å². The van der Waals surface area contributed by atoms with Crippen LogP contribution in [0.3, 0.4) is 0 Å². The van der Waals surface area contributed by atoms with E-state index >= 15 is 0 Å². The van der Waals surface area contributed by atoms with Gasteiger partial charge in [0.05, 0.1) is 15.7 Å². The number of sulfonamides is 1. The van der Waals surface area contributed by atoms with E-state index in [1.807, 2.05) is 19.1 Å². The molecule has 206 valence electrons. The molecular formula is C27H41BrN4O4S. The Morgan fingerprint density at radius 3 is 2.22 bits per heavy atom. The minimum atomic E-state index is -3.25. The first-order chi connectivity index (χ1) is 17.5. The van der Waals surface area contributed by atoms with E-state index in [0.29, 0.717) is 44.3 Å². The lowest BCUT2D eigenvalue weighted by molar-refractivity contribution is 0.0686. The predicted octanol–water partition coefficient (Wildman–Crippen LogP) is 4.73. The standard InChI is InChI=1S/C27H41BrN4O4S/c1-6-15-37(34,35)31-13-11-30(12-14-31)27(33)25-16-21-17-26(23(28)18-24(21)32(25)20(4)5)36-22-7-9-29(10-8-22)19(2)3/h16-20,22H,6-15H2,1-5H3. The van der Waals surface area contributed by atoms with E-state index in [9.17, 15) is 13.2 Å². The van der Waals surface area contributed by atoms with Gasteiger partial charge in [0, 0.05) is 56.7 Å². The van der Waals surface area contributed by atoms with E-state index in [2.05, 4.69) is 59.2 Å². The number of nitrogens with zero attached hydrogens (tertiary/aromatic N) is 4. The molecule has 1 aromatic carbocycles. The number of benzene rings is 1. The van der Waals surface area contributed by atoms with Crippen LogP contribution in [0.2, 0.25) is 0 Å². The number of carbonyl (C=O) groups excluding carboxylic acids is 1. The summed E-state index contributed by atoms with van der Waals surface area (Å²) in [6, 6.07) is 6.69. The van der Waals surface area contributed by atoms with Gasteiger partial charge >= 0.3 is 0 Å². The topological polar surface area (TPSA) is 75.1 Å². The Hall–Kier alpha value is -1.62. The van der Waals surface area contributed by atoms with Gasteiger partial charge in [0.15, 0.2) is 0 Å². The number of likely N-dealkylation sites (tertiary alicyclic amines) is 1. The molecule has 0 saturated carbocycles. The smallest absolute Gasteiger partial charge is 0.270 e. The number of amides is 1. The second-order valence-electron chi connectivity index (χ2n) is 10.8. The van der Waals surface area contributed by atoms with Gasteiger partial charge in [-0.15, -0.1) is 0 Å². The molecule has 2 aromatic rings. The molecule has 10 heteroatoms. The third kappa shape index (κ3) is 6.18. The summed E-state index contributed by atoms with van der Waals surface area (Å²) in [4.78, 5) is 17.9. The molecule has 0 spiro atoms. The highest BCUT2D eigenvalue weighted by molar-refractivity contribution is 9.10. The highest BCUT2D eigenvalue weighted by Gasteiger charge is 2.31. The number of fused-ring (bicyclic) bond motifs is 1. The molecule has 2 saturated heterocycles. The molecule has 8 nitrogen and oxygen atoms in total. The number of carbonyl (C=O) groups is 1. The van der Waals surface area contributed by atoms with Crippen LogP contribution in [0, 0.1) is 0 Å². The lowest BCUT2D eigenvalue weighted by atomic mass is 10.1. The molecule has 4 rings (SSSR count). The maximum atomic E-state index is 13.6. The van der Waals surface area contributed by atoms with Crippen LogP contribution in [-0.2, 0) is 10.0 Å². The number of piperazine rings is 1. The molecule has 1 aromatic heterocycles. The number of ether oxygens (including phenoxy) is 1. The molecule has 1 amide bonds. The molecule has 37 heavy (non-hydrogen) atoms. The maximum absolute atomic E-state index is 13.6. The van der Waals surface area contributed by atoms with Crippen molar-refractivity contribution in [2.75, 3.05) is 45.0 Å². The number of aromatic nitrogens is 1. The molecule has 0 unspecified atom stereocenters. The van der Waals surface area contributed by atoms with Crippen molar-refractivity contribution in [3.05, 3.63) is 28.4 Å². The van der Waals surface area contributed by atoms with E-state index in [1.165, 1.54) is 4.31 Å². The number of hydrogen-bond donors (Lipinski definition) is 0. The summed E-state index contributed by atoms with van der Waals surface area (Å²) < 4.78 is 35.8. The first-order valence-electron chi connectivity index (χ1n) is 13.5. The summed E-state index contributed by atoms with van der Waals surface area (Å²) in [6.07, 6.45) is 2.77. The zero-order chi connectivity index (χ0) is 26.9. The number of piperidine rings is 1. The minimum Gasteiger partial charge on any atom is -0.489 e. The van der Waals surface area contributed by atoms with Crippen molar-refractivity contribution in [2.45, 2.75) is 72.1 Å². The second-order valence-corrected chi connectivity index (χ2v) is 13.7. The van der Waals surface area contributed by atoms with Crippen molar-refractivity contribution in [3.63, 3.8) is 0 Å². The van der Waals surface area contributed by atoms with Crippen LogP contribution in [0.5, 0.6) is 5.75 Å². The van der Waals surface area contributed by atoms with Crippen molar-refractivity contribution in [2.24, 2.45) is 0 Å². The molecule has 2 aliphatic rings. The summed E-state index contributed by atoms with van der Waals surface area (Å²) in [6.45, 7) is 14.0. The fourth-order valence-corrected chi connectivity index (χ4v) is 7.37. The SMILES string of the molecule is CCCS(=O)(=O)N1CCN(C(=O)c2cc3cc(OC4CCN(C(C)C)CC4)c(Br)cc3n2C(C)C)CC1. The van der Waals surface area contributed by atoms with Crippen molar-refractivity contribution < 1.29 is 17.9 Å². The van der Waals surface area contributed by atoms with Gasteiger partial charge in [-0.25, -0.2) is 8.42 Å². The predicted molar refractivity (Wildman–Crippen MR) is 152 cm³/mol. The summed E-state index contributed by atoms with van der Waals surface area (Å²) in [5, 5.41) is 0.971. The van der Waals surface area contributed by atoms with Crippen LogP contribution in [0.4, 0.5) is 0 Å². The van der Waals surface area contributed by atoms with Crippen LogP contribution in [-0.4, -0.2) is 90.2 Å². The number of rotatable bonds is 8. The van der Waals surface area contributed by atoms with E-state index in [0.717, 1.165) is 47.1 Å². The van der Waals surface area contributed by atoms with Gasteiger partial charge in [-0.05, 0) is 81.1 Å². The Balaban J connectivity index is 1.53. The largest absolute Gasteiger partial charge is 0.489 e. The monoisotopic (exact) mass is 596 g/mol. The van der Waals surface area contributed by atoms with Gasteiger partial charge in [-0.3, -0.25) is 4.79 Å². The van der Waals surface area contributed by atoms with Gasteiger partial charge in [0.1, 0.15) is 17.5 Å². The lowest BCUT2D eigenvalue weighted by Gasteiger charge is -2.34. The van der Waals surface area contributed by atoms with Crippen molar-refractivity contribution >= 4 is 42.8 Å². The summed E-state index contributed by atoms with van der Waals surface area (Å²) >= 11 is 3.72. The van der Waals surface area contributed by atoms with Crippen LogP contribution in [0.25, 0.3) is 10.9 Å². The molecule has 0 bridgehead atoms. The third-order valence-electron chi connectivity index (χ3n) is 7.51. The fraction of sp³-hybridized carbons (Fsp3) is 0.667. The minimum absolute atomic E-state index is 0.0583. The van der Waals surface area contributed by atoms with Crippen LogP contribution in [0.15, 0.2) is 22.7 Å². The first-order valence-corrected chi connectivity index (χ1v) is 15.9. The van der Waals surface area contributed by atoms with Crippen LogP contribution >= 0.6 is 15.9 Å². The Labute approximate surface area is 230 Å². The molecule has 3 heterocycles. The quantitative estimate of drug-likeness (QED) is 0.440. The summed E-state index contributed by atoms with van der Waals surface area (Å²) in [5.74, 6) is 0.904. The average molecular weight is 598 g/mol. The van der Waals surface area contributed by atoms with E-state index in [4.69, 9.17) is 4.74 Å². The van der Waals surface area contributed by atoms with Gasteiger partial charge < -0.3 is 19.1 Å². The Morgan fingerprint density at radius 1 is 1.00 bits per heavy atom.